The zero-order valence-electron chi connectivity index (χ0n) is 16.6. The van der Waals surface area contributed by atoms with Crippen molar-refractivity contribution in [3.63, 3.8) is 0 Å². The van der Waals surface area contributed by atoms with Gasteiger partial charge in [-0.05, 0) is 37.0 Å². The molecule has 4 N–H and O–H groups in total. The summed E-state index contributed by atoms with van der Waals surface area (Å²) in [6.45, 7) is 2.14. The number of piperidine rings is 1. The first-order valence-corrected chi connectivity index (χ1v) is 10.4. The van der Waals surface area contributed by atoms with E-state index in [1.165, 1.54) is 0 Å². The molecular weight excluding hydrogens is 402 g/mol. The minimum absolute atomic E-state index is 0.162. The van der Waals surface area contributed by atoms with E-state index in [-0.39, 0.29) is 12.3 Å². The molecule has 0 saturated carbocycles. The first-order chi connectivity index (χ1) is 14.5. The molecule has 156 valence electrons. The van der Waals surface area contributed by atoms with Crippen molar-refractivity contribution in [2.24, 2.45) is 5.73 Å². The SMILES string of the molecule is N#CCC(NC(=O)C1(N)CCN(c2ncnc3c2CCN3)CC1)c1ccc(Cl)cc1. The van der Waals surface area contributed by atoms with E-state index in [4.69, 9.17) is 17.3 Å². The van der Waals surface area contributed by atoms with Gasteiger partial charge in [0.15, 0.2) is 0 Å². The van der Waals surface area contributed by atoms with Gasteiger partial charge in [-0.15, -0.1) is 0 Å². The van der Waals surface area contributed by atoms with Gasteiger partial charge in [0, 0.05) is 30.2 Å². The zero-order chi connectivity index (χ0) is 21.1. The highest BCUT2D eigenvalue weighted by molar-refractivity contribution is 6.30. The monoisotopic (exact) mass is 425 g/mol. The second-order valence-electron chi connectivity index (χ2n) is 7.78. The van der Waals surface area contributed by atoms with Crippen LogP contribution in [-0.2, 0) is 11.2 Å². The topological polar surface area (TPSA) is 120 Å². The Labute approximate surface area is 180 Å². The molecule has 0 spiro atoms. The third-order valence-corrected chi connectivity index (χ3v) is 6.12. The van der Waals surface area contributed by atoms with Crippen molar-refractivity contribution in [1.82, 2.24) is 15.3 Å². The molecule has 3 heterocycles. The van der Waals surface area contributed by atoms with Gasteiger partial charge < -0.3 is 21.3 Å². The minimum atomic E-state index is -0.981. The normalized spacial score (nSPS) is 18.1. The maximum Gasteiger partial charge on any atom is 0.240 e. The summed E-state index contributed by atoms with van der Waals surface area (Å²) in [6, 6.07) is 8.85. The largest absolute Gasteiger partial charge is 0.369 e. The molecule has 1 saturated heterocycles. The Hall–Kier alpha value is -2.89. The molecule has 1 amide bonds. The van der Waals surface area contributed by atoms with E-state index in [0.29, 0.717) is 31.0 Å². The number of fused-ring (bicyclic) bond motifs is 1. The highest BCUT2D eigenvalue weighted by atomic mass is 35.5. The van der Waals surface area contributed by atoms with Crippen LogP contribution >= 0.6 is 11.6 Å². The maximum atomic E-state index is 13.1. The number of hydrogen-bond donors (Lipinski definition) is 3. The average Bonchev–Trinajstić information content (AvgIpc) is 3.24. The molecule has 1 atom stereocenters. The quantitative estimate of drug-likeness (QED) is 0.671. The number of nitrogens with one attached hydrogen (secondary N) is 2. The predicted octanol–water partition coefficient (Wildman–Crippen LogP) is 2.17. The molecular formula is C21H24ClN7O. The molecule has 2 aliphatic rings. The number of aromatic nitrogens is 2. The smallest absolute Gasteiger partial charge is 0.240 e. The first-order valence-electron chi connectivity index (χ1n) is 10.0. The van der Waals surface area contributed by atoms with Crippen molar-refractivity contribution in [3.8, 4) is 6.07 Å². The fourth-order valence-corrected chi connectivity index (χ4v) is 4.18. The van der Waals surface area contributed by atoms with Crippen molar-refractivity contribution < 1.29 is 4.79 Å². The molecule has 1 unspecified atom stereocenters. The van der Waals surface area contributed by atoms with Crippen LogP contribution in [-0.4, -0.2) is 41.0 Å². The Kier molecular flexibility index (Phi) is 5.75. The molecule has 0 bridgehead atoms. The summed E-state index contributed by atoms with van der Waals surface area (Å²) in [4.78, 5) is 24.0. The van der Waals surface area contributed by atoms with Crippen LogP contribution in [0.4, 0.5) is 11.6 Å². The molecule has 0 radical (unpaired) electrons. The van der Waals surface area contributed by atoms with E-state index in [2.05, 4.69) is 31.6 Å². The van der Waals surface area contributed by atoms with E-state index < -0.39 is 11.6 Å². The van der Waals surface area contributed by atoms with Crippen molar-refractivity contribution >= 4 is 29.1 Å². The molecule has 1 fully saturated rings. The Morgan fingerprint density at radius 2 is 2.07 bits per heavy atom. The number of benzene rings is 1. The average molecular weight is 426 g/mol. The van der Waals surface area contributed by atoms with E-state index in [9.17, 15) is 10.1 Å². The summed E-state index contributed by atoms with van der Waals surface area (Å²) in [5, 5.41) is 16.0. The fraction of sp³-hybridized carbons (Fsp3) is 0.429. The lowest BCUT2D eigenvalue weighted by molar-refractivity contribution is -0.127. The van der Waals surface area contributed by atoms with Crippen molar-refractivity contribution in [2.45, 2.75) is 37.3 Å². The number of hydrogen-bond acceptors (Lipinski definition) is 7. The molecule has 0 aliphatic carbocycles. The van der Waals surface area contributed by atoms with E-state index in [1.54, 1.807) is 18.5 Å². The summed E-state index contributed by atoms with van der Waals surface area (Å²) < 4.78 is 0. The maximum absolute atomic E-state index is 13.1. The van der Waals surface area contributed by atoms with Crippen LogP contribution in [0.25, 0.3) is 0 Å². The van der Waals surface area contributed by atoms with Gasteiger partial charge in [-0.25, -0.2) is 9.97 Å². The number of halogens is 1. The van der Waals surface area contributed by atoms with Crippen LogP contribution in [0.2, 0.25) is 5.02 Å². The molecule has 9 heteroatoms. The Morgan fingerprint density at radius 3 is 2.77 bits per heavy atom. The lowest BCUT2D eigenvalue weighted by Gasteiger charge is -2.39. The highest BCUT2D eigenvalue weighted by Gasteiger charge is 2.39. The molecule has 2 aliphatic heterocycles. The molecule has 4 rings (SSSR count). The number of anilines is 2. The summed E-state index contributed by atoms with van der Waals surface area (Å²) in [7, 11) is 0. The standard InChI is InChI=1S/C21H24ClN7O/c22-15-3-1-14(2-4-15)17(5-9-23)28-20(30)21(24)7-11-29(12-8-21)19-16-6-10-25-18(16)26-13-27-19/h1-4,13,17H,5-8,10-12,24H2,(H,28,30)(H,25,26,27). The zero-order valence-corrected chi connectivity index (χ0v) is 17.3. The molecule has 30 heavy (non-hydrogen) atoms. The van der Waals surface area contributed by atoms with E-state index in [0.717, 1.165) is 35.7 Å². The number of amides is 1. The van der Waals surface area contributed by atoms with Crippen LogP contribution in [0, 0.1) is 11.3 Å². The summed E-state index contributed by atoms with van der Waals surface area (Å²) in [5.41, 5.74) is 7.49. The summed E-state index contributed by atoms with van der Waals surface area (Å²) in [5.74, 6) is 1.59. The van der Waals surface area contributed by atoms with Crippen LogP contribution in [0.1, 0.15) is 36.4 Å². The van der Waals surface area contributed by atoms with Gasteiger partial charge in [0.25, 0.3) is 0 Å². The predicted molar refractivity (Wildman–Crippen MR) is 115 cm³/mol. The highest BCUT2D eigenvalue weighted by Crippen LogP contribution is 2.31. The number of nitriles is 1. The van der Waals surface area contributed by atoms with Gasteiger partial charge in [-0.1, -0.05) is 23.7 Å². The minimum Gasteiger partial charge on any atom is -0.369 e. The third kappa shape index (κ3) is 4.04. The van der Waals surface area contributed by atoms with Crippen molar-refractivity contribution in [3.05, 3.63) is 46.7 Å². The van der Waals surface area contributed by atoms with Crippen LogP contribution in [0.15, 0.2) is 30.6 Å². The summed E-state index contributed by atoms with van der Waals surface area (Å²) >= 11 is 5.95. The van der Waals surface area contributed by atoms with Crippen LogP contribution in [0.3, 0.4) is 0 Å². The van der Waals surface area contributed by atoms with E-state index in [1.807, 2.05) is 12.1 Å². The Balaban J connectivity index is 1.43. The molecule has 1 aromatic carbocycles. The number of carbonyl (C=O) groups is 1. The molecule has 1 aromatic heterocycles. The van der Waals surface area contributed by atoms with Crippen molar-refractivity contribution in [1.29, 1.82) is 5.26 Å². The number of nitrogens with two attached hydrogens (primary N) is 1. The van der Waals surface area contributed by atoms with Crippen LogP contribution < -0.4 is 21.3 Å². The van der Waals surface area contributed by atoms with Gasteiger partial charge in [0.05, 0.1) is 24.1 Å². The third-order valence-electron chi connectivity index (χ3n) is 5.87. The van der Waals surface area contributed by atoms with Gasteiger partial charge in [-0.3, -0.25) is 4.79 Å². The van der Waals surface area contributed by atoms with Gasteiger partial charge >= 0.3 is 0 Å². The van der Waals surface area contributed by atoms with Gasteiger partial charge in [-0.2, -0.15) is 5.26 Å². The summed E-state index contributed by atoms with van der Waals surface area (Å²) in [6.07, 6.45) is 3.64. The molecule has 2 aromatic rings. The van der Waals surface area contributed by atoms with Crippen molar-refractivity contribution in [2.75, 3.05) is 29.9 Å². The van der Waals surface area contributed by atoms with E-state index >= 15 is 0 Å². The second kappa shape index (κ2) is 8.46. The number of carbonyl (C=O) groups excluding carboxylic acids is 1. The Morgan fingerprint density at radius 1 is 1.33 bits per heavy atom. The lowest BCUT2D eigenvalue weighted by Crippen LogP contribution is -2.60. The fourth-order valence-electron chi connectivity index (χ4n) is 4.05. The van der Waals surface area contributed by atoms with Gasteiger partial charge in [0.2, 0.25) is 5.91 Å². The lowest BCUT2D eigenvalue weighted by atomic mass is 9.86. The van der Waals surface area contributed by atoms with Gasteiger partial charge in [0.1, 0.15) is 18.0 Å². The number of nitrogens with zero attached hydrogens (tertiary/aromatic N) is 4. The number of rotatable bonds is 5. The second-order valence-corrected chi connectivity index (χ2v) is 8.22. The molecule has 8 nitrogen and oxygen atoms in total. The van der Waals surface area contributed by atoms with Crippen LogP contribution in [0.5, 0.6) is 0 Å². The first kappa shape index (κ1) is 20.4. The Bertz CT molecular complexity index is 964.